The molecular formula is C12H18N2O2S. The average Bonchev–Trinajstić information content (AvgIpc) is 2.28. The van der Waals surface area contributed by atoms with Crippen LogP contribution in [0.25, 0.3) is 0 Å². The minimum atomic E-state index is -0.324. The molecule has 0 unspecified atom stereocenters. The molecule has 0 aliphatic heterocycles. The van der Waals surface area contributed by atoms with Gasteiger partial charge in [-0.3, -0.25) is 0 Å². The Morgan fingerprint density at radius 1 is 1.47 bits per heavy atom. The second-order valence-electron chi connectivity index (χ2n) is 3.80. The van der Waals surface area contributed by atoms with E-state index in [1.54, 1.807) is 23.9 Å². The number of carbonyl (C=O) groups excluding carboxylic acids is 1. The zero-order chi connectivity index (χ0) is 12.8. The summed E-state index contributed by atoms with van der Waals surface area (Å²) >= 11 is 1.64. The van der Waals surface area contributed by atoms with Gasteiger partial charge in [0.05, 0.1) is 11.3 Å². The van der Waals surface area contributed by atoms with Crippen molar-refractivity contribution in [1.82, 2.24) is 0 Å². The number of anilines is 2. The number of hydrogen-bond donors (Lipinski definition) is 1. The fourth-order valence-electron chi connectivity index (χ4n) is 1.40. The van der Waals surface area contributed by atoms with Crippen LogP contribution in [-0.4, -0.2) is 38.7 Å². The van der Waals surface area contributed by atoms with E-state index in [0.29, 0.717) is 17.9 Å². The lowest BCUT2D eigenvalue weighted by molar-refractivity contribution is 0.0531. The Bertz CT molecular complexity index is 394. The molecule has 0 radical (unpaired) electrons. The lowest BCUT2D eigenvalue weighted by Crippen LogP contribution is -2.16. The minimum absolute atomic E-state index is 0.324. The van der Waals surface area contributed by atoms with Gasteiger partial charge < -0.3 is 15.4 Å². The summed E-state index contributed by atoms with van der Waals surface area (Å²) in [6.07, 6.45) is 1.97. The van der Waals surface area contributed by atoms with Crippen molar-refractivity contribution in [2.45, 2.75) is 0 Å². The zero-order valence-corrected chi connectivity index (χ0v) is 11.2. The molecule has 0 amide bonds. The van der Waals surface area contributed by atoms with Gasteiger partial charge in [0.2, 0.25) is 0 Å². The lowest BCUT2D eigenvalue weighted by Gasteiger charge is -2.17. The predicted octanol–water partition coefficient (Wildman–Crippen LogP) is 1.85. The van der Waals surface area contributed by atoms with E-state index in [4.69, 9.17) is 10.5 Å². The molecule has 0 heterocycles. The van der Waals surface area contributed by atoms with Gasteiger partial charge in [0.15, 0.2) is 0 Å². The maximum absolute atomic E-state index is 11.9. The van der Waals surface area contributed by atoms with Crippen LogP contribution in [0, 0.1) is 0 Å². The molecule has 0 spiro atoms. The van der Waals surface area contributed by atoms with Crippen LogP contribution < -0.4 is 10.6 Å². The highest BCUT2D eigenvalue weighted by Gasteiger charge is 2.14. The summed E-state index contributed by atoms with van der Waals surface area (Å²) in [6.45, 7) is 0.418. The van der Waals surface area contributed by atoms with E-state index in [0.717, 1.165) is 11.4 Å². The van der Waals surface area contributed by atoms with Crippen LogP contribution in [0.4, 0.5) is 11.4 Å². The van der Waals surface area contributed by atoms with Gasteiger partial charge in [-0.05, 0) is 24.5 Å². The molecule has 94 valence electrons. The van der Waals surface area contributed by atoms with Crippen LogP contribution >= 0.6 is 11.8 Å². The van der Waals surface area contributed by atoms with Gasteiger partial charge in [0.1, 0.15) is 6.61 Å². The largest absolute Gasteiger partial charge is 0.461 e. The molecule has 1 aromatic rings. The summed E-state index contributed by atoms with van der Waals surface area (Å²) in [5, 5.41) is 0. The van der Waals surface area contributed by atoms with Crippen molar-refractivity contribution in [2.75, 3.05) is 43.3 Å². The number of thioether (sulfide) groups is 1. The molecule has 0 bridgehead atoms. The van der Waals surface area contributed by atoms with Gasteiger partial charge >= 0.3 is 5.97 Å². The highest BCUT2D eigenvalue weighted by atomic mass is 32.2. The maximum atomic E-state index is 11.9. The molecule has 0 aliphatic carbocycles. The van der Waals surface area contributed by atoms with E-state index in [9.17, 15) is 4.79 Å². The molecule has 1 rings (SSSR count). The summed E-state index contributed by atoms with van der Waals surface area (Å²) < 4.78 is 5.17. The van der Waals surface area contributed by atoms with Gasteiger partial charge in [-0.25, -0.2) is 4.79 Å². The van der Waals surface area contributed by atoms with E-state index >= 15 is 0 Å². The van der Waals surface area contributed by atoms with Crippen molar-refractivity contribution in [3.8, 4) is 0 Å². The van der Waals surface area contributed by atoms with Crippen LogP contribution in [0.5, 0.6) is 0 Å². The Kier molecular flexibility index (Phi) is 5.15. The molecule has 0 fully saturated rings. The number of nitrogens with two attached hydrogens (primary N) is 1. The van der Waals surface area contributed by atoms with Crippen molar-refractivity contribution in [3.05, 3.63) is 23.8 Å². The quantitative estimate of drug-likeness (QED) is 0.494. The Balaban J connectivity index is 2.87. The highest BCUT2D eigenvalue weighted by Crippen LogP contribution is 2.22. The second-order valence-corrected chi connectivity index (χ2v) is 4.79. The monoisotopic (exact) mass is 254 g/mol. The zero-order valence-electron chi connectivity index (χ0n) is 10.4. The summed E-state index contributed by atoms with van der Waals surface area (Å²) in [5.74, 6) is 0.473. The van der Waals surface area contributed by atoms with E-state index < -0.39 is 0 Å². The second kappa shape index (κ2) is 6.39. The van der Waals surface area contributed by atoms with Crippen LogP contribution in [0.2, 0.25) is 0 Å². The maximum Gasteiger partial charge on any atom is 0.340 e. The van der Waals surface area contributed by atoms with Crippen LogP contribution in [0.3, 0.4) is 0 Å². The third-order valence-corrected chi connectivity index (χ3v) is 2.82. The molecule has 17 heavy (non-hydrogen) atoms. The molecule has 4 nitrogen and oxygen atoms in total. The van der Waals surface area contributed by atoms with Gasteiger partial charge in [0, 0.05) is 25.5 Å². The van der Waals surface area contributed by atoms with Crippen LogP contribution in [0.15, 0.2) is 18.2 Å². The Morgan fingerprint density at radius 3 is 2.76 bits per heavy atom. The fourth-order valence-corrected chi connectivity index (χ4v) is 1.65. The Labute approximate surface area is 106 Å². The number of hydrogen-bond acceptors (Lipinski definition) is 5. The molecule has 1 aromatic carbocycles. The predicted molar refractivity (Wildman–Crippen MR) is 73.8 cm³/mol. The number of nitrogen functional groups attached to an aromatic ring is 1. The average molecular weight is 254 g/mol. The SMILES string of the molecule is CSCCOC(=O)c1cc(N)ccc1N(C)C. The third-order valence-electron chi connectivity index (χ3n) is 2.24. The smallest absolute Gasteiger partial charge is 0.340 e. The van der Waals surface area contributed by atoms with Gasteiger partial charge in [-0.1, -0.05) is 0 Å². The standard InChI is InChI=1S/C12H18N2O2S/c1-14(2)11-5-4-9(13)8-10(11)12(15)16-6-7-17-3/h4-5,8H,6-7,13H2,1-3H3. The topological polar surface area (TPSA) is 55.6 Å². The molecule has 0 aromatic heterocycles. The van der Waals surface area contributed by atoms with Crippen molar-refractivity contribution >= 4 is 29.1 Å². The van der Waals surface area contributed by atoms with E-state index in [-0.39, 0.29) is 5.97 Å². The van der Waals surface area contributed by atoms with Gasteiger partial charge in [-0.2, -0.15) is 11.8 Å². The number of ether oxygens (including phenoxy) is 1. The summed E-state index contributed by atoms with van der Waals surface area (Å²) in [4.78, 5) is 13.7. The first-order chi connectivity index (χ1) is 8.06. The summed E-state index contributed by atoms with van der Waals surface area (Å²) in [6, 6.07) is 5.24. The molecule has 0 aliphatic rings. The minimum Gasteiger partial charge on any atom is -0.461 e. The first kappa shape index (κ1) is 13.7. The summed E-state index contributed by atoms with van der Waals surface area (Å²) in [7, 11) is 3.76. The van der Waals surface area contributed by atoms with E-state index in [1.807, 2.05) is 31.3 Å². The van der Waals surface area contributed by atoms with E-state index in [2.05, 4.69) is 0 Å². The van der Waals surface area contributed by atoms with Crippen LogP contribution in [-0.2, 0) is 4.74 Å². The number of rotatable bonds is 5. The number of nitrogens with zero attached hydrogens (tertiary/aromatic N) is 1. The molecule has 2 N–H and O–H groups in total. The Morgan fingerprint density at radius 2 is 2.18 bits per heavy atom. The molecule has 0 saturated heterocycles. The van der Waals surface area contributed by atoms with Gasteiger partial charge in [0.25, 0.3) is 0 Å². The van der Waals surface area contributed by atoms with Crippen molar-refractivity contribution in [2.24, 2.45) is 0 Å². The number of esters is 1. The first-order valence-corrected chi connectivity index (χ1v) is 6.68. The Hall–Kier alpha value is -1.36. The van der Waals surface area contributed by atoms with Crippen molar-refractivity contribution < 1.29 is 9.53 Å². The summed E-state index contributed by atoms with van der Waals surface area (Å²) in [5.41, 5.74) is 7.58. The van der Waals surface area contributed by atoms with Crippen molar-refractivity contribution in [1.29, 1.82) is 0 Å². The normalized spacial score (nSPS) is 10.1. The third kappa shape index (κ3) is 3.85. The number of benzene rings is 1. The fraction of sp³-hybridized carbons (Fsp3) is 0.417. The highest BCUT2D eigenvalue weighted by molar-refractivity contribution is 7.98. The van der Waals surface area contributed by atoms with Crippen LogP contribution in [0.1, 0.15) is 10.4 Å². The first-order valence-electron chi connectivity index (χ1n) is 5.29. The molecular weight excluding hydrogens is 236 g/mol. The molecule has 0 saturated carbocycles. The molecule has 0 atom stereocenters. The van der Waals surface area contributed by atoms with Crippen molar-refractivity contribution in [3.63, 3.8) is 0 Å². The van der Waals surface area contributed by atoms with Gasteiger partial charge in [-0.15, -0.1) is 0 Å². The number of carbonyl (C=O) groups is 1. The van der Waals surface area contributed by atoms with E-state index in [1.165, 1.54) is 0 Å². The lowest BCUT2D eigenvalue weighted by atomic mass is 10.1. The molecule has 5 heteroatoms.